The van der Waals surface area contributed by atoms with E-state index < -0.39 is 0 Å². The molecule has 0 radical (unpaired) electrons. The summed E-state index contributed by atoms with van der Waals surface area (Å²) in [5, 5.41) is 7.57. The topological polar surface area (TPSA) is 46.5 Å². The van der Waals surface area contributed by atoms with Crippen molar-refractivity contribution in [3.8, 4) is 0 Å². The number of carbonyl (C=O) groups excluding carboxylic acids is 1. The molecule has 0 bridgehead atoms. The zero-order valence-corrected chi connectivity index (χ0v) is 7.39. The lowest BCUT2D eigenvalue weighted by Crippen LogP contribution is -2.03. The summed E-state index contributed by atoms with van der Waals surface area (Å²) in [4.78, 5) is 10.4. The Bertz CT molecular complexity index is 119. The Morgan fingerprint density at radius 2 is 1.91 bits per heavy atom. The summed E-state index contributed by atoms with van der Waals surface area (Å²) in [6, 6.07) is 0. The maximum atomic E-state index is 10.4. The number of hydrogen-bond acceptors (Lipinski definition) is 3. The molecular weight excluding hydrogens is 144 g/mol. The first kappa shape index (κ1) is 12.8. The summed E-state index contributed by atoms with van der Waals surface area (Å²) in [6.07, 6.45) is 0. The number of rotatable bonds is 2. The van der Waals surface area contributed by atoms with E-state index in [9.17, 15) is 4.79 Å². The molecule has 0 aromatic heterocycles. The van der Waals surface area contributed by atoms with Crippen LogP contribution in [0.1, 0.15) is 20.8 Å². The Balaban J connectivity index is 0. The van der Waals surface area contributed by atoms with E-state index in [1.165, 1.54) is 0 Å². The molecule has 0 rings (SSSR count). The van der Waals surface area contributed by atoms with Crippen LogP contribution in [0.5, 0.6) is 0 Å². The third-order valence-corrected chi connectivity index (χ3v) is 0.624. The van der Waals surface area contributed by atoms with Crippen LogP contribution >= 0.6 is 0 Å². The molecule has 0 atom stereocenters. The van der Waals surface area contributed by atoms with Gasteiger partial charge in [0.1, 0.15) is 0 Å². The van der Waals surface area contributed by atoms with E-state index in [1.54, 1.807) is 20.8 Å². The lowest BCUT2D eigenvalue weighted by molar-refractivity contribution is -0.138. The molecule has 1 N–H and O–H groups in total. The van der Waals surface area contributed by atoms with Gasteiger partial charge in [-0.2, -0.15) is 0 Å². The van der Waals surface area contributed by atoms with Crippen molar-refractivity contribution in [2.75, 3.05) is 13.2 Å². The van der Waals surface area contributed by atoms with Gasteiger partial charge in [-0.1, -0.05) is 6.58 Å². The van der Waals surface area contributed by atoms with Crippen LogP contribution in [0.2, 0.25) is 0 Å². The minimum Gasteiger partial charge on any atom is -0.463 e. The van der Waals surface area contributed by atoms with Crippen molar-refractivity contribution >= 4 is 5.97 Å². The fourth-order valence-corrected chi connectivity index (χ4v) is 0.254. The van der Waals surface area contributed by atoms with Gasteiger partial charge in [0.15, 0.2) is 0 Å². The molecule has 0 saturated heterocycles. The van der Waals surface area contributed by atoms with E-state index in [1.807, 2.05) is 0 Å². The first-order valence-electron chi connectivity index (χ1n) is 3.53. The summed E-state index contributed by atoms with van der Waals surface area (Å²) in [5.41, 5.74) is 0.451. The zero-order valence-electron chi connectivity index (χ0n) is 7.39. The van der Waals surface area contributed by atoms with Crippen LogP contribution in [0.15, 0.2) is 12.2 Å². The number of ether oxygens (including phenoxy) is 1. The van der Waals surface area contributed by atoms with Crippen LogP contribution in [-0.2, 0) is 9.53 Å². The quantitative estimate of drug-likeness (QED) is 0.486. The highest BCUT2D eigenvalue weighted by atomic mass is 16.5. The maximum Gasteiger partial charge on any atom is 0.333 e. The SMILES string of the molecule is C=C(C)C(=O)OCC.CCO. The number of carbonyl (C=O) groups is 1. The van der Waals surface area contributed by atoms with Gasteiger partial charge >= 0.3 is 5.97 Å². The first-order valence-corrected chi connectivity index (χ1v) is 3.53. The molecule has 3 heteroatoms. The van der Waals surface area contributed by atoms with Crippen molar-refractivity contribution in [2.45, 2.75) is 20.8 Å². The third-order valence-electron chi connectivity index (χ3n) is 0.624. The average molecular weight is 160 g/mol. The lowest BCUT2D eigenvalue weighted by atomic mass is 10.4. The van der Waals surface area contributed by atoms with Crippen molar-refractivity contribution in [3.05, 3.63) is 12.2 Å². The van der Waals surface area contributed by atoms with E-state index in [-0.39, 0.29) is 12.6 Å². The minimum absolute atomic E-state index is 0.250. The normalized spacial score (nSPS) is 7.64. The second kappa shape index (κ2) is 9.17. The molecule has 0 fully saturated rings. The predicted octanol–water partition coefficient (Wildman–Crippen LogP) is 1.12. The van der Waals surface area contributed by atoms with Crippen LogP contribution in [0, 0.1) is 0 Å². The molecular formula is C8H16O3. The number of esters is 1. The van der Waals surface area contributed by atoms with E-state index in [4.69, 9.17) is 5.11 Å². The molecule has 0 aliphatic heterocycles. The molecule has 0 aromatic rings. The molecule has 11 heavy (non-hydrogen) atoms. The number of aliphatic hydroxyl groups excluding tert-OH is 1. The van der Waals surface area contributed by atoms with Gasteiger partial charge < -0.3 is 9.84 Å². The summed E-state index contributed by atoms with van der Waals surface area (Å²) in [5.74, 6) is -0.312. The molecule has 0 spiro atoms. The number of hydrogen-bond donors (Lipinski definition) is 1. The molecule has 0 heterocycles. The van der Waals surface area contributed by atoms with Gasteiger partial charge in [-0.3, -0.25) is 0 Å². The molecule has 66 valence electrons. The summed E-state index contributed by atoms with van der Waals surface area (Å²) in [7, 11) is 0. The fourth-order valence-electron chi connectivity index (χ4n) is 0.254. The Morgan fingerprint density at radius 1 is 1.55 bits per heavy atom. The second-order valence-corrected chi connectivity index (χ2v) is 1.82. The van der Waals surface area contributed by atoms with Gasteiger partial charge in [0.2, 0.25) is 0 Å². The van der Waals surface area contributed by atoms with Crippen LogP contribution in [0.25, 0.3) is 0 Å². The zero-order chi connectivity index (χ0) is 9.28. The van der Waals surface area contributed by atoms with E-state index in [0.29, 0.717) is 12.2 Å². The van der Waals surface area contributed by atoms with Gasteiger partial charge in [0.05, 0.1) is 6.61 Å². The molecule has 3 nitrogen and oxygen atoms in total. The molecule has 0 aliphatic carbocycles. The molecule has 0 aromatic carbocycles. The lowest BCUT2D eigenvalue weighted by Gasteiger charge is -1.96. The van der Waals surface area contributed by atoms with Crippen molar-refractivity contribution in [2.24, 2.45) is 0 Å². The van der Waals surface area contributed by atoms with Crippen LogP contribution < -0.4 is 0 Å². The summed E-state index contributed by atoms with van der Waals surface area (Å²) in [6.45, 7) is 9.14. The molecule has 0 unspecified atom stereocenters. The van der Waals surface area contributed by atoms with E-state index >= 15 is 0 Å². The Kier molecular flexibility index (Phi) is 10.7. The fraction of sp³-hybridized carbons (Fsp3) is 0.625. The van der Waals surface area contributed by atoms with Crippen molar-refractivity contribution < 1.29 is 14.6 Å². The smallest absolute Gasteiger partial charge is 0.333 e. The van der Waals surface area contributed by atoms with Crippen molar-refractivity contribution in [1.82, 2.24) is 0 Å². The highest BCUT2D eigenvalue weighted by Gasteiger charge is 1.98. The van der Waals surface area contributed by atoms with Crippen molar-refractivity contribution in [1.29, 1.82) is 0 Å². The largest absolute Gasteiger partial charge is 0.463 e. The van der Waals surface area contributed by atoms with Gasteiger partial charge in [0, 0.05) is 12.2 Å². The maximum absolute atomic E-state index is 10.4. The highest BCUT2D eigenvalue weighted by molar-refractivity contribution is 5.86. The second-order valence-electron chi connectivity index (χ2n) is 1.82. The van der Waals surface area contributed by atoms with Crippen LogP contribution in [0.3, 0.4) is 0 Å². The Labute approximate surface area is 67.7 Å². The highest BCUT2D eigenvalue weighted by Crippen LogP contribution is 1.89. The van der Waals surface area contributed by atoms with Gasteiger partial charge in [-0.15, -0.1) is 0 Å². The van der Waals surface area contributed by atoms with E-state index in [0.717, 1.165) is 0 Å². The predicted molar refractivity (Wildman–Crippen MR) is 44.2 cm³/mol. The molecule has 0 aliphatic rings. The Morgan fingerprint density at radius 3 is 2.00 bits per heavy atom. The molecule has 0 amide bonds. The van der Waals surface area contributed by atoms with Gasteiger partial charge in [0.25, 0.3) is 0 Å². The summed E-state index contributed by atoms with van der Waals surface area (Å²) < 4.78 is 4.56. The van der Waals surface area contributed by atoms with E-state index in [2.05, 4.69) is 11.3 Å². The molecule has 0 saturated carbocycles. The minimum atomic E-state index is -0.312. The van der Waals surface area contributed by atoms with Crippen LogP contribution in [-0.4, -0.2) is 24.3 Å². The average Bonchev–Trinajstić information content (AvgIpc) is 1.90. The number of aliphatic hydroxyl groups is 1. The third kappa shape index (κ3) is 12.4. The monoisotopic (exact) mass is 160 g/mol. The van der Waals surface area contributed by atoms with Crippen LogP contribution in [0.4, 0.5) is 0 Å². The van der Waals surface area contributed by atoms with Crippen molar-refractivity contribution in [3.63, 3.8) is 0 Å². The Hall–Kier alpha value is -0.830. The summed E-state index contributed by atoms with van der Waals surface area (Å²) >= 11 is 0. The van der Waals surface area contributed by atoms with Gasteiger partial charge in [-0.25, -0.2) is 4.79 Å². The first-order chi connectivity index (χ1) is 5.09. The van der Waals surface area contributed by atoms with Gasteiger partial charge in [-0.05, 0) is 20.8 Å². The standard InChI is InChI=1S/C6H10O2.C2H6O/c1-4-8-6(7)5(2)3;1-2-3/h2,4H2,1,3H3;3H,2H2,1H3.